The third kappa shape index (κ3) is 12.8. The van der Waals surface area contributed by atoms with Gasteiger partial charge >= 0.3 is 12.0 Å². The number of carbonyl (C=O) groups excluding carboxylic acids is 5. The van der Waals surface area contributed by atoms with E-state index in [0.29, 0.717) is 18.4 Å². The van der Waals surface area contributed by atoms with E-state index in [-0.39, 0.29) is 48.9 Å². The number of aromatic nitrogens is 2. The molecule has 2 aromatic rings. The smallest absolute Gasteiger partial charge is 0.312 e. The highest BCUT2D eigenvalue weighted by Gasteiger charge is 2.24. The second-order valence-corrected chi connectivity index (χ2v) is 10.5. The van der Waals surface area contributed by atoms with Gasteiger partial charge in [0.25, 0.3) is 0 Å². The molecule has 1 aromatic carbocycles. The van der Waals surface area contributed by atoms with Gasteiger partial charge in [0.2, 0.25) is 17.7 Å². The van der Waals surface area contributed by atoms with Crippen LogP contribution in [0.4, 0.5) is 10.5 Å². The molecule has 9 N–H and O–H groups in total. The maximum Gasteiger partial charge on any atom is 0.312 e. The van der Waals surface area contributed by atoms with Gasteiger partial charge in [-0.3, -0.25) is 19.2 Å². The van der Waals surface area contributed by atoms with Crippen LogP contribution in [0.2, 0.25) is 0 Å². The van der Waals surface area contributed by atoms with Gasteiger partial charge in [-0.15, -0.1) is 0 Å². The number of benzene rings is 1. The lowest BCUT2D eigenvalue weighted by Gasteiger charge is -2.21. The van der Waals surface area contributed by atoms with Crippen LogP contribution in [0.15, 0.2) is 30.7 Å². The molecule has 0 bridgehead atoms. The molecular formula is C28H42N8O7. The molecule has 0 spiro atoms. The van der Waals surface area contributed by atoms with E-state index in [1.165, 1.54) is 18.5 Å². The van der Waals surface area contributed by atoms with Gasteiger partial charge in [-0.1, -0.05) is 33.8 Å². The van der Waals surface area contributed by atoms with Crippen molar-refractivity contribution in [3.63, 3.8) is 0 Å². The topological polar surface area (TPSA) is 230 Å². The number of urea groups is 1. The van der Waals surface area contributed by atoms with Crippen molar-refractivity contribution in [2.45, 2.75) is 71.7 Å². The van der Waals surface area contributed by atoms with Crippen LogP contribution in [0.5, 0.6) is 5.75 Å². The Hall–Kier alpha value is -4.66. The molecule has 0 saturated carbocycles. The van der Waals surface area contributed by atoms with Crippen LogP contribution in [-0.2, 0) is 36.9 Å². The molecule has 15 heteroatoms. The lowest BCUT2D eigenvalue weighted by Crippen LogP contribution is -2.52. The van der Waals surface area contributed by atoms with E-state index < -0.39 is 42.4 Å². The number of hydrogen-bond acceptors (Lipinski definition) is 9. The summed E-state index contributed by atoms with van der Waals surface area (Å²) in [6.07, 6.45) is 3.86. The molecule has 2 unspecified atom stereocenters. The maximum absolute atomic E-state index is 13.1. The van der Waals surface area contributed by atoms with Crippen LogP contribution in [-0.4, -0.2) is 76.0 Å². The number of primary amides is 1. The first kappa shape index (κ1) is 34.5. The number of aromatic amines is 1. The first-order valence-corrected chi connectivity index (χ1v) is 14.0. The van der Waals surface area contributed by atoms with Crippen molar-refractivity contribution in [2.24, 2.45) is 11.7 Å². The zero-order chi connectivity index (χ0) is 31.9. The molecule has 0 radical (unpaired) electrons. The Kier molecular flexibility index (Phi) is 13.9. The fourth-order valence-electron chi connectivity index (χ4n) is 3.88. The van der Waals surface area contributed by atoms with Gasteiger partial charge in [-0.2, -0.15) is 0 Å². The van der Waals surface area contributed by atoms with E-state index in [0.717, 1.165) is 5.69 Å². The third-order valence-electron chi connectivity index (χ3n) is 6.05. The average Bonchev–Trinajstić information content (AvgIpc) is 3.45. The highest BCUT2D eigenvalue weighted by atomic mass is 16.5. The molecule has 0 aliphatic rings. The summed E-state index contributed by atoms with van der Waals surface area (Å²) in [6.45, 7) is 6.91. The van der Waals surface area contributed by atoms with Crippen LogP contribution in [0, 0.1) is 5.92 Å². The molecule has 2 atom stereocenters. The third-order valence-corrected chi connectivity index (χ3v) is 6.05. The molecule has 0 saturated heterocycles. The Morgan fingerprint density at radius 3 is 2.40 bits per heavy atom. The number of H-pyrrole nitrogens is 1. The minimum Gasteiger partial charge on any atom is -0.506 e. The lowest BCUT2D eigenvalue weighted by molar-refractivity contribution is -0.148. The Morgan fingerprint density at radius 2 is 1.79 bits per heavy atom. The van der Waals surface area contributed by atoms with Crippen molar-refractivity contribution < 1.29 is 33.8 Å². The lowest BCUT2D eigenvalue weighted by atomic mass is 10.1. The zero-order valence-electron chi connectivity index (χ0n) is 24.9. The first-order chi connectivity index (χ1) is 20.3. The average molecular weight is 603 g/mol. The van der Waals surface area contributed by atoms with E-state index >= 15 is 0 Å². The van der Waals surface area contributed by atoms with E-state index in [4.69, 9.17) is 10.5 Å². The van der Waals surface area contributed by atoms with Crippen molar-refractivity contribution in [3.8, 4) is 5.75 Å². The highest BCUT2D eigenvalue weighted by Crippen LogP contribution is 2.25. The maximum atomic E-state index is 13.1. The molecule has 2 rings (SSSR count). The number of nitrogens with zero attached hydrogens (tertiary/aromatic N) is 1. The number of rotatable bonds is 17. The minimum absolute atomic E-state index is 0.00451. The number of imidazole rings is 1. The number of ether oxygens (including phenoxy) is 1. The highest BCUT2D eigenvalue weighted by molar-refractivity contribution is 5.98. The van der Waals surface area contributed by atoms with Gasteiger partial charge < -0.3 is 47.1 Å². The number of aromatic hydroxyl groups is 1. The largest absolute Gasteiger partial charge is 0.506 e. The van der Waals surface area contributed by atoms with Gasteiger partial charge in [0.05, 0.1) is 30.5 Å². The number of nitrogens with two attached hydrogens (primary N) is 1. The summed E-state index contributed by atoms with van der Waals surface area (Å²) in [5.41, 5.74) is 6.43. The van der Waals surface area contributed by atoms with Crippen LogP contribution in [0.25, 0.3) is 0 Å². The van der Waals surface area contributed by atoms with Gasteiger partial charge in [-0.25, -0.2) is 9.78 Å². The van der Waals surface area contributed by atoms with Crippen LogP contribution in [0.1, 0.15) is 51.8 Å². The SMILES string of the molecule is CC(C)NC(Cc1cnc[nH]1)C(=O)NCC(=O)NC(CCCNC(N)=O)C(=O)Nc1ccc(COC(=O)C(C)C)cc1O. The number of phenolic OH excluding ortho intramolecular Hbond substituents is 1. The van der Waals surface area contributed by atoms with Crippen molar-refractivity contribution in [3.05, 3.63) is 42.0 Å². The Balaban J connectivity index is 2.02. The molecule has 15 nitrogen and oxygen atoms in total. The quantitative estimate of drug-likeness (QED) is 0.0711. The Labute approximate surface area is 250 Å². The second kappa shape index (κ2) is 17.3. The van der Waals surface area contributed by atoms with Crippen molar-refractivity contribution in [1.29, 1.82) is 0 Å². The standard InChI is InChI=1S/C28H42N8O7/c1-16(2)27(41)43-14-18-7-8-20(23(37)10-18)36-26(40)21(6-5-9-31-28(29)42)35-24(38)13-32-25(39)22(34-17(3)4)11-19-12-30-15-33-19/h7-8,10,12,15-17,21-22,34,37H,5-6,9,11,13-14H2,1-4H3,(H,30,33)(H,32,39)(H,35,38)(H,36,40)(H3,29,31,42). The predicted molar refractivity (Wildman–Crippen MR) is 157 cm³/mol. The number of carbonyl (C=O) groups is 5. The molecule has 0 fully saturated rings. The predicted octanol–water partition coefficient (Wildman–Crippen LogP) is 0.412. The number of phenols is 1. The number of amides is 5. The van der Waals surface area contributed by atoms with Crippen molar-refractivity contribution >= 4 is 35.4 Å². The fraction of sp³-hybridized carbons (Fsp3) is 0.500. The van der Waals surface area contributed by atoms with E-state index in [9.17, 15) is 29.1 Å². The summed E-state index contributed by atoms with van der Waals surface area (Å²) in [4.78, 5) is 68.4. The normalized spacial score (nSPS) is 12.3. The second-order valence-electron chi connectivity index (χ2n) is 10.5. The summed E-state index contributed by atoms with van der Waals surface area (Å²) >= 11 is 0. The molecule has 0 aliphatic heterocycles. The molecule has 1 aromatic heterocycles. The van der Waals surface area contributed by atoms with E-state index in [2.05, 4.69) is 36.6 Å². The summed E-state index contributed by atoms with van der Waals surface area (Å²) in [7, 11) is 0. The van der Waals surface area contributed by atoms with Gasteiger partial charge in [-0.05, 0) is 30.5 Å². The van der Waals surface area contributed by atoms with Crippen LogP contribution >= 0.6 is 0 Å². The summed E-state index contributed by atoms with van der Waals surface area (Å²) in [6, 6.07) is 1.95. The van der Waals surface area contributed by atoms with Gasteiger partial charge in [0, 0.05) is 30.9 Å². The van der Waals surface area contributed by atoms with Gasteiger partial charge in [0.15, 0.2) is 0 Å². The van der Waals surface area contributed by atoms with Crippen molar-refractivity contribution in [2.75, 3.05) is 18.4 Å². The molecule has 5 amide bonds. The number of anilines is 1. The molecular weight excluding hydrogens is 560 g/mol. The number of hydrogen-bond donors (Lipinski definition) is 8. The molecule has 43 heavy (non-hydrogen) atoms. The number of esters is 1. The Morgan fingerprint density at radius 1 is 1.05 bits per heavy atom. The van der Waals surface area contributed by atoms with E-state index in [1.807, 2.05) is 13.8 Å². The summed E-state index contributed by atoms with van der Waals surface area (Å²) in [5, 5.41) is 23.8. The summed E-state index contributed by atoms with van der Waals surface area (Å²) in [5.74, 6) is -2.61. The molecule has 1 heterocycles. The first-order valence-electron chi connectivity index (χ1n) is 14.0. The van der Waals surface area contributed by atoms with Crippen molar-refractivity contribution in [1.82, 2.24) is 31.2 Å². The minimum atomic E-state index is -1.07. The molecule has 0 aliphatic carbocycles. The van der Waals surface area contributed by atoms with Gasteiger partial charge in [0.1, 0.15) is 18.4 Å². The van der Waals surface area contributed by atoms with Crippen LogP contribution in [0.3, 0.4) is 0 Å². The summed E-state index contributed by atoms with van der Waals surface area (Å²) < 4.78 is 5.16. The zero-order valence-corrected chi connectivity index (χ0v) is 24.9. The van der Waals surface area contributed by atoms with Crippen LogP contribution < -0.4 is 32.3 Å². The van der Waals surface area contributed by atoms with E-state index in [1.54, 1.807) is 26.1 Å². The number of nitrogens with one attached hydrogen (secondary N) is 6. The molecule has 236 valence electrons. The fourth-order valence-corrected chi connectivity index (χ4v) is 3.88. The Bertz CT molecular complexity index is 1230. The monoisotopic (exact) mass is 602 g/mol.